The third-order valence-corrected chi connectivity index (χ3v) is 4.74. The first-order valence-corrected chi connectivity index (χ1v) is 7.62. The molecule has 0 amide bonds. The van der Waals surface area contributed by atoms with Crippen LogP contribution in [-0.2, 0) is 0 Å². The van der Waals surface area contributed by atoms with Gasteiger partial charge in [-0.25, -0.2) is 4.39 Å². The van der Waals surface area contributed by atoms with Crippen LogP contribution in [0.2, 0.25) is 0 Å². The fraction of sp³-hybridized carbons (Fsp3) is 0.176. The molecule has 3 heteroatoms. The van der Waals surface area contributed by atoms with Gasteiger partial charge in [-0.1, -0.05) is 18.2 Å². The van der Waals surface area contributed by atoms with E-state index in [4.69, 9.17) is 0 Å². The fourth-order valence-corrected chi connectivity index (χ4v) is 3.40. The first-order valence-electron chi connectivity index (χ1n) is 6.85. The zero-order valence-corrected chi connectivity index (χ0v) is 11.7. The molecule has 0 N–H and O–H groups in total. The van der Waals surface area contributed by atoms with E-state index in [2.05, 4.69) is 22.2 Å². The zero-order chi connectivity index (χ0) is 13.5. The highest BCUT2D eigenvalue weighted by atomic mass is 32.2. The van der Waals surface area contributed by atoms with Crippen LogP contribution in [0.15, 0.2) is 59.6 Å². The summed E-state index contributed by atoms with van der Waals surface area (Å²) in [6, 6.07) is 15.9. The Bertz CT molecular complexity index is 759. The smallest absolute Gasteiger partial charge is 0.132 e. The molecule has 0 spiro atoms. The van der Waals surface area contributed by atoms with Crippen LogP contribution in [0.25, 0.3) is 10.9 Å². The first-order chi connectivity index (χ1) is 9.81. The van der Waals surface area contributed by atoms with Crippen molar-refractivity contribution in [3.05, 3.63) is 66.1 Å². The molecule has 0 unspecified atom stereocenters. The first kappa shape index (κ1) is 12.0. The van der Waals surface area contributed by atoms with Gasteiger partial charge in [0.1, 0.15) is 5.82 Å². The second kappa shape index (κ2) is 4.67. The van der Waals surface area contributed by atoms with Crippen LogP contribution < -0.4 is 0 Å². The van der Waals surface area contributed by atoms with Gasteiger partial charge in [0.2, 0.25) is 0 Å². The van der Waals surface area contributed by atoms with Gasteiger partial charge in [0.05, 0.1) is 5.52 Å². The van der Waals surface area contributed by atoms with Crippen LogP contribution in [0.4, 0.5) is 4.39 Å². The van der Waals surface area contributed by atoms with Crippen molar-refractivity contribution < 1.29 is 4.39 Å². The Balaban J connectivity index is 1.79. The summed E-state index contributed by atoms with van der Waals surface area (Å²) >= 11 is 1.62. The van der Waals surface area contributed by atoms with E-state index in [1.807, 2.05) is 30.5 Å². The van der Waals surface area contributed by atoms with E-state index >= 15 is 0 Å². The lowest BCUT2D eigenvalue weighted by molar-refractivity contribution is 0.638. The molecule has 1 heterocycles. The van der Waals surface area contributed by atoms with Crippen molar-refractivity contribution in [1.29, 1.82) is 0 Å². The van der Waals surface area contributed by atoms with Gasteiger partial charge in [-0.05, 0) is 66.6 Å². The summed E-state index contributed by atoms with van der Waals surface area (Å²) in [5.41, 5.74) is 2.12. The number of fused-ring (bicyclic) bond motifs is 1. The highest BCUT2D eigenvalue weighted by Crippen LogP contribution is 2.42. The monoisotopic (exact) mass is 283 g/mol. The largest absolute Gasteiger partial charge is 0.287 e. The quantitative estimate of drug-likeness (QED) is 0.638. The maximum absolute atomic E-state index is 14.2. The lowest BCUT2D eigenvalue weighted by Gasteiger charge is -2.06. The summed E-state index contributed by atoms with van der Waals surface area (Å²) in [5.74, 6) is 0.468. The van der Waals surface area contributed by atoms with Gasteiger partial charge >= 0.3 is 0 Å². The van der Waals surface area contributed by atoms with Crippen LogP contribution in [0.5, 0.6) is 0 Å². The number of hydrogen-bond donors (Lipinski definition) is 0. The third-order valence-electron chi connectivity index (χ3n) is 3.74. The maximum atomic E-state index is 14.2. The van der Waals surface area contributed by atoms with Crippen molar-refractivity contribution in [2.75, 3.05) is 0 Å². The van der Waals surface area contributed by atoms with Crippen LogP contribution >= 0.6 is 11.9 Å². The molecular formula is C17H14FNS. The van der Waals surface area contributed by atoms with Gasteiger partial charge in [0, 0.05) is 16.5 Å². The van der Waals surface area contributed by atoms with Gasteiger partial charge in [0.15, 0.2) is 0 Å². The highest BCUT2D eigenvalue weighted by Gasteiger charge is 2.25. The van der Waals surface area contributed by atoms with E-state index in [-0.39, 0.29) is 5.82 Å². The van der Waals surface area contributed by atoms with E-state index in [9.17, 15) is 4.39 Å². The molecule has 1 saturated carbocycles. The zero-order valence-electron chi connectivity index (χ0n) is 10.9. The second-order valence-corrected chi connectivity index (χ2v) is 6.30. The molecule has 1 aromatic heterocycles. The molecule has 0 bridgehead atoms. The molecule has 1 fully saturated rings. The summed E-state index contributed by atoms with van der Waals surface area (Å²) in [5, 5.41) is 0.706. The standard InChI is InChI=1S/C17H14FNS/c18-16-10-13(12-6-7-12)11-17-15(16)8-9-19(17)20-14-4-2-1-3-5-14/h1-5,8-12H,6-7H2. The number of halogens is 1. The van der Waals surface area contributed by atoms with Crippen LogP contribution in [-0.4, -0.2) is 3.97 Å². The van der Waals surface area contributed by atoms with Crippen molar-refractivity contribution in [2.24, 2.45) is 0 Å². The molecule has 0 aliphatic heterocycles. The SMILES string of the molecule is Fc1cc(C2CC2)cc2c1ccn2Sc1ccccc1. The maximum Gasteiger partial charge on any atom is 0.132 e. The van der Waals surface area contributed by atoms with Gasteiger partial charge < -0.3 is 0 Å². The summed E-state index contributed by atoms with van der Waals surface area (Å²) in [6.07, 6.45) is 4.33. The molecule has 0 radical (unpaired) electrons. The summed E-state index contributed by atoms with van der Waals surface area (Å²) in [4.78, 5) is 1.15. The summed E-state index contributed by atoms with van der Waals surface area (Å²) < 4.78 is 16.2. The number of aromatic nitrogens is 1. The fourth-order valence-electron chi connectivity index (χ4n) is 2.52. The van der Waals surface area contributed by atoms with Gasteiger partial charge in [-0.2, -0.15) is 0 Å². The van der Waals surface area contributed by atoms with Gasteiger partial charge in [-0.3, -0.25) is 3.97 Å². The summed E-state index contributed by atoms with van der Waals surface area (Å²) in [6.45, 7) is 0. The average molecular weight is 283 g/mol. The molecule has 20 heavy (non-hydrogen) atoms. The predicted molar refractivity (Wildman–Crippen MR) is 81.6 cm³/mol. The van der Waals surface area contributed by atoms with E-state index < -0.39 is 0 Å². The van der Waals surface area contributed by atoms with Crippen molar-refractivity contribution in [2.45, 2.75) is 23.7 Å². The van der Waals surface area contributed by atoms with E-state index in [0.29, 0.717) is 11.3 Å². The van der Waals surface area contributed by atoms with Crippen molar-refractivity contribution in [3.63, 3.8) is 0 Å². The van der Waals surface area contributed by atoms with Crippen molar-refractivity contribution in [1.82, 2.24) is 3.97 Å². The Labute approximate surface area is 121 Å². The Morgan fingerprint density at radius 1 is 1.05 bits per heavy atom. The lowest BCUT2D eigenvalue weighted by atomic mass is 10.1. The topological polar surface area (TPSA) is 4.93 Å². The minimum absolute atomic E-state index is 0.100. The van der Waals surface area contributed by atoms with E-state index in [1.165, 1.54) is 12.8 Å². The minimum atomic E-state index is -0.100. The molecule has 1 aliphatic rings. The minimum Gasteiger partial charge on any atom is -0.287 e. The molecule has 1 nitrogen and oxygen atoms in total. The van der Waals surface area contributed by atoms with Crippen LogP contribution in [0.1, 0.15) is 24.3 Å². The molecule has 0 saturated heterocycles. The van der Waals surface area contributed by atoms with Gasteiger partial charge in [0.25, 0.3) is 0 Å². The van der Waals surface area contributed by atoms with E-state index in [1.54, 1.807) is 18.0 Å². The Hall–Kier alpha value is -1.74. The Morgan fingerprint density at radius 3 is 2.60 bits per heavy atom. The van der Waals surface area contributed by atoms with Crippen molar-refractivity contribution in [3.8, 4) is 0 Å². The molecular weight excluding hydrogens is 269 g/mol. The predicted octanol–water partition coefficient (Wildman–Crippen LogP) is 5.21. The van der Waals surface area contributed by atoms with Crippen molar-refractivity contribution >= 4 is 22.9 Å². The molecule has 0 atom stereocenters. The summed E-state index contributed by atoms with van der Waals surface area (Å²) in [7, 11) is 0. The van der Waals surface area contributed by atoms with Gasteiger partial charge in [-0.15, -0.1) is 0 Å². The molecule has 2 aromatic carbocycles. The van der Waals surface area contributed by atoms with E-state index in [0.717, 1.165) is 16.0 Å². The molecule has 1 aliphatic carbocycles. The average Bonchev–Trinajstić information content (AvgIpc) is 3.24. The lowest BCUT2D eigenvalue weighted by Crippen LogP contribution is -1.88. The number of hydrogen-bond acceptors (Lipinski definition) is 1. The normalized spacial score (nSPS) is 14.8. The Kier molecular flexibility index (Phi) is 2.81. The third kappa shape index (κ3) is 2.12. The molecule has 100 valence electrons. The number of rotatable bonds is 3. The van der Waals surface area contributed by atoms with Crippen LogP contribution in [0, 0.1) is 5.82 Å². The molecule has 3 aromatic rings. The highest BCUT2D eigenvalue weighted by molar-refractivity contribution is 7.98. The second-order valence-electron chi connectivity index (χ2n) is 5.26. The van der Waals surface area contributed by atoms with Crippen LogP contribution in [0.3, 0.4) is 0 Å². The Morgan fingerprint density at radius 2 is 1.85 bits per heavy atom. The number of nitrogens with zero attached hydrogens (tertiary/aromatic N) is 1. The number of benzene rings is 2. The molecule has 4 rings (SSSR count).